The Labute approximate surface area is 144 Å². The van der Waals surface area contributed by atoms with Gasteiger partial charge in [-0.3, -0.25) is 0 Å². The van der Waals surface area contributed by atoms with Crippen LogP contribution in [0.1, 0.15) is 0 Å². The maximum atomic E-state index is 5.41. The van der Waals surface area contributed by atoms with Crippen molar-refractivity contribution in [3.8, 4) is 34.1 Å². The van der Waals surface area contributed by atoms with Gasteiger partial charge in [0.1, 0.15) is 11.5 Å². The first-order valence-corrected chi connectivity index (χ1v) is 7.80. The van der Waals surface area contributed by atoms with Crippen LogP contribution in [0.5, 0.6) is 11.5 Å². The Hall–Kier alpha value is -3.41. The zero-order valence-electron chi connectivity index (χ0n) is 13.9. The van der Waals surface area contributed by atoms with Crippen molar-refractivity contribution in [2.75, 3.05) is 14.2 Å². The fourth-order valence-electron chi connectivity index (χ4n) is 2.72. The molecule has 6 nitrogen and oxygen atoms in total. The van der Waals surface area contributed by atoms with Crippen LogP contribution in [0.25, 0.3) is 28.4 Å². The second-order valence-corrected chi connectivity index (χ2v) is 5.41. The van der Waals surface area contributed by atoms with Gasteiger partial charge >= 0.3 is 0 Å². The summed E-state index contributed by atoms with van der Waals surface area (Å²) in [5.74, 6) is 2.65. The van der Waals surface area contributed by atoms with E-state index < -0.39 is 0 Å². The molecule has 25 heavy (non-hydrogen) atoms. The molecule has 0 spiro atoms. The molecule has 0 saturated heterocycles. The average Bonchev–Trinajstić information content (AvgIpc) is 3.12. The highest BCUT2D eigenvalue weighted by Gasteiger charge is 2.14. The molecule has 0 N–H and O–H groups in total. The Morgan fingerprint density at radius 1 is 0.880 bits per heavy atom. The predicted molar refractivity (Wildman–Crippen MR) is 94.8 cm³/mol. The molecule has 2 aromatic carbocycles. The number of hydrogen-bond donors (Lipinski definition) is 0. The molecule has 0 aliphatic heterocycles. The molecular weight excluding hydrogens is 316 g/mol. The lowest BCUT2D eigenvalue weighted by molar-refractivity contribution is 0.415. The third-order valence-electron chi connectivity index (χ3n) is 3.97. The summed E-state index contributed by atoms with van der Waals surface area (Å²) in [6.45, 7) is 0. The van der Waals surface area contributed by atoms with Crippen molar-refractivity contribution in [3.05, 3.63) is 60.8 Å². The van der Waals surface area contributed by atoms with E-state index in [1.165, 1.54) is 0 Å². The standard InChI is InChI=1S/C19H16N4O2/c1-24-14-9-7-13(8-10-14)16-11-12-20-19-21-18(22-23(16)19)15-5-3-4-6-17(15)25-2/h3-12H,1-2H3. The van der Waals surface area contributed by atoms with Crippen LogP contribution in [-0.2, 0) is 0 Å². The van der Waals surface area contributed by atoms with Crippen LogP contribution in [0.2, 0.25) is 0 Å². The second-order valence-electron chi connectivity index (χ2n) is 5.41. The Morgan fingerprint density at radius 2 is 1.68 bits per heavy atom. The molecule has 0 aliphatic rings. The zero-order chi connectivity index (χ0) is 17.2. The van der Waals surface area contributed by atoms with Crippen molar-refractivity contribution >= 4 is 5.78 Å². The molecule has 2 aromatic heterocycles. The van der Waals surface area contributed by atoms with Gasteiger partial charge in [0.05, 0.1) is 25.5 Å². The summed E-state index contributed by atoms with van der Waals surface area (Å²) >= 11 is 0. The van der Waals surface area contributed by atoms with Gasteiger partial charge in [-0.05, 0) is 42.5 Å². The van der Waals surface area contributed by atoms with Crippen molar-refractivity contribution in [2.24, 2.45) is 0 Å². The molecule has 0 atom stereocenters. The molecule has 6 heteroatoms. The second kappa shape index (κ2) is 6.24. The van der Waals surface area contributed by atoms with E-state index in [2.05, 4.69) is 15.1 Å². The van der Waals surface area contributed by atoms with Gasteiger partial charge in [-0.1, -0.05) is 12.1 Å². The maximum absolute atomic E-state index is 5.41. The molecule has 0 radical (unpaired) electrons. The van der Waals surface area contributed by atoms with Crippen molar-refractivity contribution in [1.82, 2.24) is 19.6 Å². The van der Waals surface area contributed by atoms with Crippen LogP contribution in [-0.4, -0.2) is 33.8 Å². The van der Waals surface area contributed by atoms with Crippen LogP contribution < -0.4 is 9.47 Å². The van der Waals surface area contributed by atoms with Gasteiger partial charge in [-0.2, -0.15) is 9.50 Å². The van der Waals surface area contributed by atoms with E-state index >= 15 is 0 Å². The minimum atomic E-state index is 0.536. The molecule has 0 bridgehead atoms. The number of ether oxygens (including phenoxy) is 2. The summed E-state index contributed by atoms with van der Waals surface area (Å²) in [7, 11) is 3.28. The van der Waals surface area contributed by atoms with Crippen LogP contribution in [0.3, 0.4) is 0 Å². The highest BCUT2D eigenvalue weighted by molar-refractivity contribution is 5.67. The van der Waals surface area contributed by atoms with E-state index in [0.717, 1.165) is 28.3 Å². The van der Waals surface area contributed by atoms with E-state index in [0.29, 0.717) is 11.6 Å². The van der Waals surface area contributed by atoms with Crippen LogP contribution >= 0.6 is 0 Å². The number of hydrogen-bond acceptors (Lipinski definition) is 5. The topological polar surface area (TPSA) is 61.5 Å². The number of fused-ring (bicyclic) bond motifs is 1. The van der Waals surface area contributed by atoms with Crippen LogP contribution in [0, 0.1) is 0 Å². The molecule has 0 aliphatic carbocycles. The molecule has 0 amide bonds. The Bertz CT molecular complexity index is 1030. The van der Waals surface area contributed by atoms with Crippen LogP contribution in [0.4, 0.5) is 0 Å². The molecule has 0 unspecified atom stereocenters. The summed E-state index contributed by atoms with van der Waals surface area (Å²) in [5, 5.41) is 4.64. The first-order chi connectivity index (χ1) is 12.3. The van der Waals surface area contributed by atoms with Crippen LogP contribution in [0.15, 0.2) is 60.8 Å². The number of para-hydroxylation sites is 1. The van der Waals surface area contributed by atoms with Gasteiger partial charge in [0.25, 0.3) is 5.78 Å². The summed E-state index contributed by atoms with van der Waals surface area (Å²) in [4.78, 5) is 8.87. The fourth-order valence-corrected chi connectivity index (χ4v) is 2.72. The quantitative estimate of drug-likeness (QED) is 0.572. The molecule has 0 saturated carbocycles. The lowest BCUT2D eigenvalue weighted by Crippen LogP contribution is -1.96. The first-order valence-electron chi connectivity index (χ1n) is 7.80. The minimum absolute atomic E-state index is 0.536. The van der Waals surface area contributed by atoms with E-state index in [9.17, 15) is 0 Å². The maximum Gasteiger partial charge on any atom is 0.253 e. The van der Waals surface area contributed by atoms with Crippen molar-refractivity contribution in [2.45, 2.75) is 0 Å². The normalized spacial score (nSPS) is 10.8. The fraction of sp³-hybridized carbons (Fsp3) is 0.105. The van der Waals surface area contributed by atoms with Gasteiger partial charge in [0.2, 0.25) is 0 Å². The van der Waals surface area contributed by atoms with Crippen molar-refractivity contribution in [1.29, 1.82) is 0 Å². The van der Waals surface area contributed by atoms with Gasteiger partial charge in [0.15, 0.2) is 5.82 Å². The van der Waals surface area contributed by atoms with Crippen molar-refractivity contribution in [3.63, 3.8) is 0 Å². The summed E-state index contributed by atoms with van der Waals surface area (Å²) < 4.78 is 12.4. The third kappa shape index (κ3) is 2.67. The molecule has 0 fully saturated rings. The molecule has 4 aromatic rings. The highest BCUT2D eigenvalue weighted by atomic mass is 16.5. The molecule has 2 heterocycles. The van der Waals surface area contributed by atoms with Gasteiger partial charge < -0.3 is 9.47 Å². The largest absolute Gasteiger partial charge is 0.497 e. The zero-order valence-corrected chi connectivity index (χ0v) is 13.9. The van der Waals surface area contributed by atoms with Gasteiger partial charge in [0, 0.05) is 11.8 Å². The Balaban J connectivity index is 1.86. The molecular formula is C19H16N4O2. The molecule has 4 rings (SSSR count). The molecule has 124 valence electrons. The first kappa shape index (κ1) is 15.1. The SMILES string of the molecule is COc1ccc(-c2ccnc3nc(-c4ccccc4OC)nn23)cc1. The lowest BCUT2D eigenvalue weighted by Gasteiger charge is -2.05. The van der Waals surface area contributed by atoms with Gasteiger partial charge in [-0.15, -0.1) is 5.10 Å². The summed E-state index contributed by atoms with van der Waals surface area (Å²) in [5.41, 5.74) is 2.74. The number of aromatic nitrogens is 4. The van der Waals surface area contributed by atoms with Crippen molar-refractivity contribution < 1.29 is 9.47 Å². The van der Waals surface area contributed by atoms with E-state index in [-0.39, 0.29) is 0 Å². The Morgan fingerprint density at radius 3 is 2.44 bits per heavy atom. The highest BCUT2D eigenvalue weighted by Crippen LogP contribution is 2.28. The predicted octanol–water partition coefficient (Wildman–Crippen LogP) is 3.48. The Kier molecular flexibility index (Phi) is 3.78. The monoisotopic (exact) mass is 332 g/mol. The number of rotatable bonds is 4. The summed E-state index contributed by atoms with van der Waals surface area (Å²) in [6.07, 6.45) is 1.73. The number of benzene rings is 2. The van der Waals surface area contributed by atoms with E-state index in [4.69, 9.17) is 9.47 Å². The summed E-state index contributed by atoms with van der Waals surface area (Å²) in [6, 6.07) is 17.4. The third-order valence-corrected chi connectivity index (χ3v) is 3.97. The lowest BCUT2D eigenvalue weighted by atomic mass is 10.1. The number of methoxy groups -OCH3 is 2. The average molecular weight is 332 g/mol. The van der Waals surface area contributed by atoms with E-state index in [1.54, 1.807) is 24.9 Å². The number of nitrogens with zero attached hydrogens (tertiary/aromatic N) is 4. The minimum Gasteiger partial charge on any atom is -0.497 e. The van der Waals surface area contributed by atoms with Gasteiger partial charge in [-0.25, -0.2) is 4.98 Å². The van der Waals surface area contributed by atoms with E-state index in [1.807, 2.05) is 54.6 Å². The smallest absolute Gasteiger partial charge is 0.253 e.